The third kappa shape index (κ3) is 8.61. The number of rotatable bonds is 11. The van der Waals surface area contributed by atoms with E-state index in [1.54, 1.807) is 7.05 Å². The SMILES string of the molecule is CCCCCCCCN(C)S(=O)(=O)CCCC. The Bertz CT molecular complexity index is 263. The summed E-state index contributed by atoms with van der Waals surface area (Å²) in [5, 5.41) is 0. The summed E-state index contributed by atoms with van der Waals surface area (Å²) < 4.78 is 25.1. The molecule has 3 nitrogen and oxygen atoms in total. The minimum atomic E-state index is -2.99. The number of unbranched alkanes of at least 4 members (excludes halogenated alkanes) is 6. The van der Waals surface area contributed by atoms with Gasteiger partial charge in [0.25, 0.3) is 0 Å². The van der Waals surface area contributed by atoms with Gasteiger partial charge in [-0.15, -0.1) is 0 Å². The molecular weight excluding hydrogens is 234 g/mol. The van der Waals surface area contributed by atoms with Gasteiger partial charge in [-0.05, 0) is 12.8 Å². The molecule has 0 aromatic carbocycles. The van der Waals surface area contributed by atoms with E-state index in [0.29, 0.717) is 12.3 Å². The molecule has 0 aliphatic carbocycles. The summed E-state index contributed by atoms with van der Waals surface area (Å²) >= 11 is 0. The van der Waals surface area contributed by atoms with E-state index in [1.807, 2.05) is 6.92 Å². The Kier molecular flexibility index (Phi) is 9.84. The molecule has 0 heterocycles. The molecule has 104 valence electrons. The first kappa shape index (κ1) is 16.9. The van der Waals surface area contributed by atoms with Crippen LogP contribution in [0.25, 0.3) is 0 Å². The van der Waals surface area contributed by atoms with E-state index in [4.69, 9.17) is 0 Å². The normalized spacial score (nSPS) is 12.2. The lowest BCUT2D eigenvalue weighted by molar-refractivity contribution is 0.447. The summed E-state index contributed by atoms with van der Waals surface area (Å²) in [4.78, 5) is 0. The summed E-state index contributed by atoms with van der Waals surface area (Å²) in [6, 6.07) is 0. The van der Waals surface area contributed by atoms with E-state index in [1.165, 1.54) is 30.0 Å². The van der Waals surface area contributed by atoms with E-state index < -0.39 is 10.0 Å². The lowest BCUT2D eigenvalue weighted by Crippen LogP contribution is -2.30. The Labute approximate surface area is 108 Å². The van der Waals surface area contributed by atoms with Crippen LogP contribution < -0.4 is 0 Å². The number of hydrogen-bond donors (Lipinski definition) is 0. The molecule has 0 amide bonds. The van der Waals surface area contributed by atoms with Gasteiger partial charge in [0.2, 0.25) is 10.0 Å². The van der Waals surface area contributed by atoms with Crippen molar-refractivity contribution >= 4 is 10.0 Å². The standard InChI is InChI=1S/C13H29NO2S/c1-4-6-8-9-10-11-12-14(3)17(15,16)13-7-5-2/h4-13H2,1-3H3. The second-order valence-corrected chi connectivity index (χ2v) is 6.95. The zero-order chi connectivity index (χ0) is 13.1. The van der Waals surface area contributed by atoms with Crippen molar-refractivity contribution in [1.29, 1.82) is 0 Å². The van der Waals surface area contributed by atoms with Gasteiger partial charge in [0.15, 0.2) is 0 Å². The summed E-state index contributed by atoms with van der Waals surface area (Å²) in [6.07, 6.45) is 8.90. The van der Waals surface area contributed by atoms with Crippen LogP contribution in [-0.4, -0.2) is 32.1 Å². The Balaban J connectivity index is 3.66. The van der Waals surface area contributed by atoms with Gasteiger partial charge in [-0.1, -0.05) is 52.4 Å². The summed E-state index contributed by atoms with van der Waals surface area (Å²) in [6.45, 7) is 4.90. The molecule has 0 aromatic heterocycles. The molecule has 0 spiro atoms. The molecule has 0 atom stereocenters. The van der Waals surface area contributed by atoms with Gasteiger partial charge in [-0.3, -0.25) is 0 Å². The molecule has 0 N–H and O–H groups in total. The van der Waals surface area contributed by atoms with Gasteiger partial charge in [-0.2, -0.15) is 0 Å². The molecule has 0 aromatic rings. The van der Waals surface area contributed by atoms with Crippen molar-refractivity contribution in [3.8, 4) is 0 Å². The van der Waals surface area contributed by atoms with E-state index >= 15 is 0 Å². The fourth-order valence-electron chi connectivity index (χ4n) is 1.74. The predicted molar refractivity (Wildman–Crippen MR) is 74.7 cm³/mol. The van der Waals surface area contributed by atoms with Crippen LogP contribution in [0.15, 0.2) is 0 Å². The minimum Gasteiger partial charge on any atom is -0.212 e. The lowest BCUT2D eigenvalue weighted by Gasteiger charge is -2.16. The molecule has 0 saturated heterocycles. The second kappa shape index (κ2) is 9.89. The molecule has 0 bridgehead atoms. The maximum atomic E-state index is 11.8. The second-order valence-electron chi connectivity index (χ2n) is 4.76. The van der Waals surface area contributed by atoms with Crippen LogP contribution in [0.2, 0.25) is 0 Å². The molecule has 4 heteroatoms. The molecule has 0 unspecified atom stereocenters. The smallest absolute Gasteiger partial charge is 0.212 e. The third-order valence-electron chi connectivity index (χ3n) is 3.06. The summed E-state index contributed by atoms with van der Waals surface area (Å²) in [5.41, 5.74) is 0. The van der Waals surface area contributed by atoms with E-state index in [0.717, 1.165) is 25.7 Å². The average molecular weight is 263 g/mol. The van der Waals surface area contributed by atoms with Crippen LogP contribution in [0.1, 0.15) is 65.2 Å². The molecule has 0 rings (SSSR count). The van der Waals surface area contributed by atoms with Crippen LogP contribution in [0.3, 0.4) is 0 Å². The van der Waals surface area contributed by atoms with Gasteiger partial charge in [0.05, 0.1) is 5.75 Å². The van der Waals surface area contributed by atoms with Gasteiger partial charge in [-0.25, -0.2) is 12.7 Å². The van der Waals surface area contributed by atoms with Crippen molar-refractivity contribution in [2.75, 3.05) is 19.3 Å². The monoisotopic (exact) mass is 263 g/mol. The van der Waals surface area contributed by atoms with Crippen LogP contribution in [0, 0.1) is 0 Å². The first-order chi connectivity index (χ1) is 8.04. The molecule has 0 radical (unpaired) electrons. The Hall–Kier alpha value is -0.0900. The number of hydrogen-bond acceptors (Lipinski definition) is 2. The lowest BCUT2D eigenvalue weighted by atomic mass is 10.1. The fourth-order valence-corrected chi connectivity index (χ4v) is 3.11. The first-order valence-corrected chi connectivity index (χ1v) is 8.59. The van der Waals surface area contributed by atoms with Crippen molar-refractivity contribution in [2.45, 2.75) is 65.2 Å². The van der Waals surface area contributed by atoms with Gasteiger partial charge >= 0.3 is 0 Å². The number of nitrogens with zero attached hydrogens (tertiary/aromatic N) is 1. The quantitative estimate of drug-likeness (QED) is 0.536. The molecular formula is C13H29NO2S. The largest absolute Gasteiger partial charge is 0.213 e. The highest BCUT2D eigenvalue weighted by atomic mass is 32.2. The van der Waals surface area contributed by atoms with Crippen molar-refractivity contribution < 1.29 is 8.42 Å². The fraction of sp³-hybridized carbons (Fsp3) is 1.00. The van der Waals surface area contributed by atoms with Crippen LogP contribution >= 0.6 is 0 Å². The van der Waals surface area contributed by atoms with E-state index in [-0.39, 0.29) is 0 Å². The highest BCUT2D eigenvalue weighted by Crippen LogP contribution is 2.08. The average Bonchev–Trinajstić information content (AvgIpc) is 2.30. The van der Waals surface area contributed by atoms with Crippen molar-refractivity contribution in [3.05, 3.63) is 0 Å². The zero-order valence-corrected chi connectivity index (χ0v) is 12.6. The maximum Gasteiger partial charge on any atom is 0.213 e. The molecule has 0 saturated carbocycles. The Morgan fingerprint density at radius 2 is 1.35 bits per heavy atom. The van der Waals surface area contributed by atoms with Crippen molar-refractivity contribution in [1.82, 2.24) is 4.31 Å². The first-order valence-electron chi connectivity index (χ1n) is 6.98. The minimum absolute atomic E-state index is 0.301. The Morgan fingerprint density at radius 1 is 0.824 bits per heavy atom. The van der Waals surface area contributed by atoms with Gasteiger partial charge in [0.1, 0.15) is 0 Å². The molecule has 0 aliphatic heterocycles. The van der Waals surface area contributed by atoms with E-state index in [9.17, 15) is 8.42 Å². The van der Waals surface area contributed by atoms with Crippen molar-refractivity contribution in [2.24, 2.45) is 0 Å². The van der Waals surface area contributed by atoms with E-state index in [2.05, 4.69) is 6.92 Å². The van der Waals surface area contributed by atoms with Crippen molar-refractivity contribution in [3.63, 3.8) is 0 Å². The number of sulfonamides is 1. The van der Waals surface area contributed by atoms with Crippen LogP contribution in [0.5, 0.6) is 0 Å². The molecule has 0 aliphatic rings. The zero-order valence-electron chi connectivity index (χ0n) is 11.7. The third-order valence-corrected chi connectivity index (χ3v) is 4.99. The summed E-state index contributed by atoms with van der Waals surface area (Å²) in [7, 11) is -1.28. The van der Waals surface area contributed by atoms with Crippen LogP contribution in [-0.2, 0) is 10.0 Å². The predicted octanol–water partition coefficient (Wildman–Crippen LogP) is 3.41. The molecule has 0 fully saturated rings. The van der Waals surface area contributed by atoms with Gasteiger partial charge in [0, 0.05) is 13.6 Å². The Morgan fingerprint density at radius 3 is 1.94 bits per heavy atom. The van der Waals surface area contributed by atoms with Gasteiger partial charge < -0.3 is 0 Å². The highest BCUT2D eigenvalue weighted by molar-refractivity contribution is 7.89. The topological polar surface area (TPSA) is 37.4 Å². The van der Waals surface area contributed by atoms with Crippen LogP contribution in [0.4, 0.5) is 0 Å². The molecule has 17 heavy (non-hydrogen) atoms. The maximum absolute atomic E-state index is 11.8. The highest BCUT2D eigenvalue weighted by Gasteiger charge is 2.15. The summed E-state index contributed by atoms with van der Waals surface area (Å²) in [5.74, 6) is 0.301.